The summed E-state index contributed by atoms with van der Waals surface area (Å²) in [6.07, 6.45) is -0.875. The third kappa shape index (κ3) is 4.55. The van der Waals surface area contributed by atoms with Gasteiger partial charge >= 0.3 is 0 Å². The van der Waals surface area contributed by atoms with Crippen LogP contribution in [-0.4, -0.2) is 59.1 Å². The summed E-state index contributed by atoms with van der Waals surface area (Å²) in [5.74, 6) is -0.839. The van der Waals surface area contributed by atoms with E-state index in [0.29, 0.717) is 17.5 Å². The molecule has 1 fully saturated rings. The lowest BCUT2D eigenvalue weighted by Crippen LogP contribution is -2.49. The maximum atomic E-state index is 13.2. The molecule has 2 heterocycles. The lowest BCUT2D eigenvalue weighted by molar-refractivity contribution is -0.137. The van der Waals surface area contributed by atoms with Gasteiger partial charge in [-0.05, 0) is 37.1 Å². The number of para-hydroxylation sites is 2. The summed E-state index contributed by atoms with van der Waals surface area (Å²) < 4.78 is 31.8. The van der Waals surface area contributed by atoms with E-state index >= 15 is 0 Å². The number of aromatic nitrogens is 1. The third-order valence-electron chi connectivity index (χ3n) is 6.19. The molecule has 1 aromatic heterocycles. The third-order valence-corrected chi connectivity index (χ3v) is 8.34. The molecule has 0 aliphatic carbocycles. The van der Waals surface area contributed by atoms with Crippen LogP contribution >= 0.6 is 0 Å². The number of fused-ring (bicyclic) bond motifs is 1. The average Bonchev–Trinajstić information content (AvgIpc) is 3.48. The molecule has 3 aromatic rings. The van der Waals surface area contributed by atoms with Crippen LogP contribution in [-0.2, 0) is 19.4 Å². The van der Waals surface area contributed by atoms with E-state index in [1.807, 2.05) is 0 Å². The molecule has 0 bridgehead atoms. The minimum atomic E-state index is -3.73. The van der Waals surface area contributed by atoms with Crippen LogP contribution in [0.1, 0.15) is 38.7 Å². The quantitative estimate of drug-likeness (QED) is 0.525. The first-order chi connectivity index (χ1) is 16.2. The van der Waals surface area contributed by atoms with E-state index in [2.05, 4.69) is 10.3 Å². The molecule has 180 valence electrons. The first kappa shape index (κ1) is 23.9. The lowest BCUT2D eigenvalue weighted by atomic mass is 10.1. The first-order valence-corrected chi connectivity index (χ1v) is 12.7. The number of hydrogen-bond donors (Lipinski definition) is 2. The zero-order valence-electron chi connectivity index (χ0n) is 18.9. The highest BCUT2D eigenvalue weighted by atomic mass is 32.2. The van der Waals surface area contributed by atoms with E-state index < -0.39 is 45.1 Å². The van der Waals surface area contributed by atoms with Gasteiger partial charge in [0.2, 0.25) is 17.7 Å². The number of sulfone groups is 1. The molecule has 1 unspecified atom stereocenters. The first-order valence-electron chi connectivity index (χ1n) is 11.1. The SMILES string of the molecule is CC[C@@H](NC(=O)[C@@H]1C[C@@H](S(=O)(=O)c2ccccc2)CN1C(C)=O)C(O)c1nc2ccccc2o1. The predicted molar refractivity (Wildman–Crippen MR) is 124 cm³/mol. The van der Waals surface area contributed by atoms with Crippen molar-refractivity contribution >= 4 is 32.8 Å². The van der Waals surface area contributed by atoms with Gasteiger partial charge < -0.3 is 19.7 Å². The summed E-state index contributed by atoms with van der Waals surface area (Å²) in [4.78, 5) is 31.2. The standard InChI is InChI=1S/C24H27N3O6S/c1-3-18(22(29)24-26-19-11-7-8-12-21(19)33-24)25-23(30)20-13-17(14-27(20)15(2)28)34(31,32)16-9-5-4-6-10-16/h4-12,17-18,20,22,29H,3,13-14H2,1-2H3,(H,25,30)/t17-,18-,20+,22?/m1/s1. The van der Waals surface area contributed by atoms with Crippen LogP contribution in [0.5, 0.6) is 0 Å². The highest BCUT2D eigenvalue weighted by molar-refractivity contribution is 7.92. The number of nitrogens with zero attached hydrogens (tertiary/aromatic N) is 2. The van der Waals surface area contributed by atoms with E-state index in [-0.39, 0.29) is 23.8 Å². The summed E-state index contributed by atoms with van der Waals surface area (Å²) in [7, 11) is -3.73. The monoisotopic (exact) mass is 485 g/mol. The number of amides is 2. The Hall–Kier alpha value is -3.24. The fraction of sp³-hybridized carbons (Fsp3) is 0.375. The smallest absolute Gasteiger partial charge is 0.243 e. The van der Waals surface area contributed by atoms with Gasteiger partial charge in [-0.15, -0.1) is 0 Å². The number of oxazole rings is 1. The minimum Gasteiger partial charge on any atom is -0.438 e. The van der Waals surface area contributed by atoms with E-state index in [4.69, 9.17) is 4.42 Å². The molecule has 0 saturated carbocycles. The van der Waals surface area contributed by atoms with Gasteiger partial charge in [-0.2, -0.15) is 0 Å². The number of aliphatic hydroxyl groups is 1. The number of rotatable bonds is 7. The van der Waals surface area contributed by atoms with Gasteiger partial charge in [-0.25, -0.2) is 13.4 Å². The number of likely N-dealkylation sites (tertiary alicyclic amines) is 1. The molecule has 0 spiro atoms. The number of nitrogens with one attached hydrogen (secondary N) is 1. The number of aliphatic hydroxyl groups excluding tert-OH is 1. The normalized spacial score (nSPS) is 20.3. The minimum absolute atomic E-state index is 0.0297. The van der Waals surface area contributed by atoms with Crippen molar-refractivity contribution in [1.29, 1.82) is 0 Å². The van der Waals surface area contributed by atoms with Gasteiger partial charge in [-0.3, -0.25) is 9.59 Å². The Morgan fingerprint density at radius 1 is 1.18 bits per heavy atom. The van der Waals surface area contributed by atoms with Gasteiger partial charge in [0.1, 0.15) is 11.6 Å². The summed E-state index contributed by atoms with van der Waals surface area (Å²) in [6, 6.07) is 13.4. The summed E-state index contributed by atoms with van der Waals surface area (Å²) in [5.41, 5.74) is 1.11. The van der Waals surface area contributed by atoms with Crippen LogP contribution in [0.15, 0.2) is 63.9 Å². The number of carbonyl (C=O) groups excluding carboxylic acids is 2. The second-order valence-electron chi connectivity index (χ2n) is 8.39. The second kappa shape index (κ2) is 9.55. The van der Waals surface area contributed by atoms with Crippen molar-refractivity contribution in [2.75, 3.05) is 6.54 Å². The lowest BCUT2D eigenvalue weighted by Gasteiger charge is -2.26. The Bertz CT molecular complexity index is 1260. The van der Waals surface area contributed by atoms with Crippen LogP contribution in [0.3, 0.4) is 0 Å². The highest BCUT2D eigenvalue weighted by Gasteiger charge is 2.45. The molecule has 1 aliphatic rings. The van der Waals surface area contributed by atoms with Crippen molar-refractivity contribution in [3.63, 3.8) is 0 Å². The average molecular weight is 486 g/mol. The maximum Gasteiger partial charge on any atom is 0.243 e. The molecule has 4 rings (SSSR count). The summed E-state index contributed by atoms with van der Waals surface area (Å²) in [6.45, 7) is 3.02. The van der Waals surface area contributed by atoms with Crippen LogP contribution in [0, 0.1) is 0 Å². The molecular weight excluding hydrogens is 458 g/mol. The summed E-state index contributed by atoms with van der Waals surface area (Å²) >= 11 is 0. The predicted octanol–water partition coefficient (Wildman–Crippen LogP) is 2.22. The van der Waals surface area contributed by atoms with Crippen LogP contribution < -0.4 is 5.32 Å². The van der Waals surface area contributed by atoms with Crippen LogP contribution in [0.2, 0.25) is 0 Å². The molecule has 2 N–H and O–H groups in total. The van der Waals surface area contributed by atoms with Gasteiger partial charge in [0.25, 0.3) is 0 Å². The second-order valence-corrected chi connectivity index (χ2v) is 10.6. The fourth-order valence-corrected chi connectivity index (χ4v) is 6.01. The van der Waals surface area contributed by atoms with E-state index in [1.54, 1.807) is 49.4 Å². The Kier molecular flexibility index (Phi) is 6.72. The fourth-order valence-electron chi connectivity index (χ4n) is 4.29. The van der Waals surface area contributed by atoms with E-state index in [9.17, 15) is 23.1 Å². The Morgan fingerprint density at radius 3 is 2.50 bits per heavy atom. The Labute approximate surface area is 197 Å². The van der Waals surface area contributed by atoms with E-state index in [0.717, 1.165) is 0 Å². The van der Waals surface area contributed by atoms with Crippen LogP contribution in [0.4, 0.5) is 0 Å². The van der Waals surface area contributed by atoms with Crippen molar-refractivity contribution in [3.05, 3.63) is 60.5 Å². The van der Waals surface area contributed by atoms with Crippen LogP contribution in [0.25, 0.3) is 11.1 Å². The van der Waals surface area contributed by atoms with Gasteiger partial charge in [0.05, 0.1) is 16.2 Å². The van der Waals surface area contributed by atoms with Crippen molar-refractivity contribution in [2.45, 2.75) is 55.0 Å². The van der Waals surface area contributed by atoms with Crippen molar-refractivity contribution < 1.29 is 27.5 Å². The van der Waals surface area contributed by atoms with E-state index in [1.165, 1.54) is 24.0 Å². The zero-order chi connectivity index (χ0) is 24.5. The highest BCUT2D eigenvalue weighted by Crippen LogP contribution is 2.29. The maximum absolute atomic E-state index is 13.2. The van der Waals surface area contributed by atoms with Gasteiger partial charge in [-0.1, -0.05) is 37.3 Å². The molecule has 4 atom stereocenters. The van der Waals surface area contributed by atoms with Gasteiger partial charge in [0.15, 0.2) is 21.5 Å². The Balaban J connectivity index is 1.52. The number of hydrogen-bond acceptors (Lipinski definition) is 7. The number of benzene rings is 2. The largest absolute Gasteiger partial charge is 0.438 e. The van der Waals surface area contributed by atoms with Gasteiger partial charge in [0, 0.05) is 13.5 Å². The molecule has 1 aliphatic heterocycles. The molecule has 10 heteroatoms. The number of carbonyl (C=O) groups is 2. The molecule has 2 amide bonds. The molecule has 1 saturated heterocycles. The zero-order valence-corrected chi connectivity index (χ0v) is 19.7. The van der Waals surface area contributed by atoms with Crippen molar-refractivity contribution in [1.82, 2.24) is 15.2 Å². The summed E-state index contributed by atoms with van der Waals surface area (Å²) in [5, 5.41) is 12.7. The molecular formula is C24H27N3O6S. The topological polar surface area (TPSA) is 130 Å². The Morgan fingerprint density at radius 2 is 1.85 bits per heavy atom. The van der Waals surface area contributed by atoms with Crippen molar-refractivity contribution in [2.24, 2.45) is 0 Å². The molecule has 9 nitrogen and oxygen atoms in total. The van der Waals surface area contributed by atoms with Crippen molar-refractivity contribution in [3.8, 4) is 0 Å². The molecule has 34 heavy (non-hydrogen) atoms. The molecule has 2 aromatic carbocycles. The molecule has 0 radical (unpaired) electrons.